The van der Waals surface area contributed by atoms with Crippen molar-refractivity contribution in [3.05, 3.63) is 58.7 Å². The third-order valence-electron chi connectivity index (χ3n) is 3.71. The van der Waals surface area contributed by atoms with E-state index in [9.17, 15) is 4.79 Å². The molecule has 0 fully saturated rings. The molecule has 0 aliphatic rings. The standard InChI is InChI=1S/C18H22N2O/c1-11(2)15-7-5-6-13(4)17(15)20-18(21)14-9-8-12(3)16(19)10-14/h5-11H,19H2,1-4H3,(H,20,21). The number of nitrogen functional groups attached to an aromatic ring is 1. The average Bonchev–Trinajstić information content (AvgIpc) is 2.43. The summed E-state index contributed by atoms with van der Waals surface area (Å²) in [4.78, 5) is 12.4. The maximum atomic E-state index is 12.4. The van der Waals surface area contributed by atoms with Gasteiger partial charge in [0, 0.05) is 16.9 Å². The number of carbonyl (C=O) groups is 1. The molecular weight excluding hydrogens is 260 g/mol. The Morgan fingerprint density at radius 3 is 2.43 bits per heavy atom. The van der Waals surface area contributed by atoms with E-state index < -0.39 is 0 Å². The Bertz CT molecular complexity index is 675. The summed E-state index contributed by atoms with van der Waals surface area (Å²) < 4.78 is 0. The Kier molecular flexibility index (Phi) is 4.32. The number of rotatable bonds is 3. The van der Waals surface area contributed by atoms with Gasteiger partial charge in [-0.15, -0.1) is 0 Å². The van der Waals surface area contributed by atoms with Crippen LogP contribution in [-0.2, 0) is 0 Å². The number of carbonyl (C=O) groups excluding carboxylic acids is 1. The Morgan fingerprint density at radius 1 is 1.10 bits per heavy atom. The molecule has 0 saturated carbocycles. The van der Waals surface area contributed by atoms with Crippen molar-refractivity contribution in [2.45, 2.75) is 33.6 Å². The molecule has 21 heavy (non-hydrogen) atoms. The number of nitrogens with two attached hydrogens (primary N) is 1. The van der Waals surface area contributed by atoms with Crippen LogP contribution in [-0.4, -0.2) is 5.91 Å². The molecule has 0 aromatic heterocycles. The van der Waals surface area contributed by atoms with Gasteiger partial charge in [0.2, 0.25) is 0 Å². The lowest BCUT2D eigenvalue weighted by Crippen LogP contribution is -2.15. The van der Waals surface area contributed by atoms with Gasteiger partial charge in [-0.3, -0.25) is 4.79 Å². The van der Waals surface area contributed by atoms with Crippen LogP contribution >= 0.6 is 0 Å². The molecule has 3 nitrogen and oxygen atoms in total. The van der Waals surface area contributed by atoms with E-state index in [1.807, 2.05) is 32.0 Å². The van der Waals surface area contributed by atoms with E-state index in [0.29, 0.717) is 17.2 Å². The number of amides is 1. The molecular formula is C18H22N2O. The molecule has 0 heterocycles. The Labute approximate surface area is 126 Å². The third-order valence-corrected chi connectivity index (χ3v) is 3.71. The quantitative estimate of drug-likeness (QED) is 0.826. The van der Waals surface area contributed by atoms with Gasteiger partial charge in [-0.05, 0) is 48.6 Å². The highest BCUT2D eigenvalue weighted by Gasteiger charge is 2.13. The van der Waals surface area contributed by atoms with Gasteiger partial charge >= 0.3 is 0 Å². The van der Waals surface area contributed by atoms with Gasteiger partial charge in [0.1, 0.15) is 0 Å². The first kappa shape index (κ1) is 15.1. The summed E-state index contributed by atoms with van der Waals surface area (Å²) in [5.41, 5.74) is 11.2. The van der Waals surface area contributed by atoms with Crippen molar-refractivity contribution in [2.24, 2.45) is 0 Å². The fourth-order valence-electron chi connectivity index (χ4n) is 2.31. The van der Waals surface area contributed by atoms with Gasteiger partial charge in [0.15, 0.2) is 0 Å². The van der Waals surface area contributed by atoms with Crippen molar-refractivity contribution >= 4 is 17.3 Å². The number of nitrogens with one attached hydrogen (secondary N) is 1. The molecule has 110 valence electrons. The van der Waals surface area contributed by atoms with Crippen LogP contribution in [0.25, 0.3) is 0 Å². The molecule has 0 unspecified atom stereocenters. The van der Waals surface area contributed by atoms with Gasteiger partial charge in [0.05, 0.1) is 0 Å². The minimum Gasteiger partial charge on any atom is -0.398 e. The molecule has 0 atom stereocenters. The van der Waals surface area contributed by atoms with Gasteiger partial charge in [-0.2, -0.15) is 0 Å². The van der Waals surface area contributed by atoms with E-state index >= 15 is 0 Å². The van der Waals surface area contributed by atoms with Gasteiger partial charge in [0.25, 0.3) is 5.91 Å². The highest BCUT2D eigenvalue weighted by molar-refractivity contribution is 6.05. The van der Waals surface area contributed by atoms with E-state index in [0.717, 1.165) is 22.4 Å². The largest absolute Gasteiger partial charge is 0.398 e. The lowest BCUT2D eigenvalue weighted by molar-refractivity contribution is 0.102. The van der Waals surface area contributed by atoms with Crippen LogP contribution in [0.1, 0.15) is 46.8 Å². The predicted octanol–water partition coefficient (Wildman–Crippen LogP) is 4.26. The lowest BCUT2D eigenvalue weighted by atomic mass is 9.98. The second kappa shape index (κ2) is 6.00. The van der Waals surface area contributed by atoms with Crippen LogP contribution in [0.4, 0.5) is 11.4 Å². The van der Waals surface area contributed by atoms with Crippen LogP contribution in [0.2, 0.25) is 0 Å². The summed E-state index contributed by atoms with van der Waals surface area (Å²) >= 11 is 0. The SMILES string of the molecule is Cc1ccc(C(=O)Nc2c(C)cccc2C(C)C)cc1N. The van der Waals surface area contributed by atoms with E-state index in [4.69, 9.17) is 5.73 Å². The number of para-hydroxylation sites is 1. The zero-order valence-electron chi connectivity index (χ0n) is 13.0. The zero-order valence-corrected chi connectivity index (χ0v) is 13.0. The van der Waals surface area contributed by atoms with Crippen molar-refractivity contribution in [1.82, 2.24) is 0 Å². The summed E-state index contributed by atoms with van der Waals surface area (Å²) in [6.45, 7) is 8.17. The lowest BCUT2D eigenvalue weighted by Gasteiger charge is -2.16. The first-order valence-electron chi connectivity index (χ1n) is 7.17. The molecule has 0 bridgehead atoms. The normalized spacial score (nSPS) is 10.7. The van der Waals surface area contributed by atoms with Gasteiger partial charge in [-0.1, -0.05) is 38.1 Å². The number of hydrogen-bond acceptors (Lipinski definition) is 2. The highest BCUT2D eigenvalue weighted by atomic mass is 16.1. The van der Waals surface area contributed by atoms with Crippen LogP contribution in [0.15, 0.2) is 36.4 Å². The Morgan fingerprint density at radius 2 is 1.81 bits per heavy atom. The molecule has 1 amide bonds. The molecule has 0 saturated heterocycles. The van der Waals surface area contributed by atoms with Crippen LogP contribution in [0.3, 0.4) is 0 Å². The van der Waals surface area contributed by atoms with Crippen molar-refractivity contribution in [1.29, 1.82) is 0 Å². The summed E-state index contributed by atoms with van der Waals surface area (Å²) in [6.07, 6.45) is 0. The summed E-state index contributed by atoms with van der Waals surface area (Å²) in [6, 6.07) is 11.5. The smallest absolute Gasteiger partial charge is 0.255 e. The van der Waals surface area contributed by atoms with Gasteiger partial charge < -0.3 is 11.1 Å². The number of aryl methyl sites for hydroxylation is 2. The molecule has 2 aromatic carbocycles. The van der Waals surface area contributed by atoms with Crippen LogP contribution in [0.5, 0.6) is 0 Å². The van der Waals surface area contributed by atoms with E-state index in [-0.39, 0.29) is 5.91 Å². The molecule has 3 N–H and O–H groups in total. The number of anilines is 2. The van der Waals surface area contributed by atoms with E-state index in [1.54, 1.807) is 12.1 Å². The molecule has 2 rings (SSSR count). The highest BCUT2D eigenvalue weighted by Crippen LogP contribution is 2.28. The maximum absolute atomic E-state index is 12.4. The average molecular weight is 282 g/mol. The fraction of sp³-hybridized carbons (Fsp3) is 0.278. The fourth-order valence-corrected chi connectivity index (χ4v) is 2.31. The first-order chi connectivity index (χ1) is 9.90. The molecule has 0 aliphatic heterocycles. The van der Waals surface area contributed by atoms with Crippen molar-refractivity contribution in [3.63, 3.8) is 0 Å². The first-order valence-corrected chi connectivity index (χ1v) is 7.17. The van der Waals surface area contributed by atoms with Crippen LogP contribution < -0.4 is 11.1 Å². The summed E-state index contributed by atoms with van der Waals surface area (Å²) in [7, 11) is 0. The molecule has 2 aromatic rings. The second-order valence-corrected chi connectivity index (χ2v) is 5.72. The maximum Gasteiger partial charge on any atom is 0.255 e. The van der Waals surface area contributed by atoms with Crippen molar-refractivity contribution in [2.75, 3.05) is 11.1 Å². The summed E-state index contributed by atoms with van der Waals surface area (Å²) in [5, 5.41) is 3.03. The van der Waals surface area contributed by atoms with Crippen LogP contribution in [0, 0.1) is 13.8 Å². The number of hydrogen-bond donors (Lipinski definition) is 2. The zero-order chi connectivity index (χ0) is 15.6. The van der Waals surface area contributed by atoms with E-state index in [1.165, 1.54) is 0 Å². The third kappa shape index (κ3) is 3.24. The predicted molar refractivity (Wildman–Crippen MR) is 88.8 cm³/mol. The topological polar surface area (TPSA) is 55.1 Å². The molecule has 0 radical (unpaired) electrons. The molecule has 0 spiro atoms. The monoisotopic (exact) mass is 282 g/mol. The number of benzene rings is 2. The molecule has 0 aliphatic carbocycles. The molecule has 3 heteroatoms. The van der Waals surface area contributed by atoms with E-state index in [2.05, 4.69) is 25.2 Å². The van der Waals surface area contributed by atoms with Gasteiger partial charge in [-0.25, -0.2) is 0 Å². The minimum absolute atomic E-state index is 0.127. The Hall–Kier alpha value is -2.29. The van der Waals surface area contributed by atoms with Crippen molar-refractivity contribution < 1.29 is 4.79 Å². The summed E-state index contributed by atoms with van der Waals surface area (Å²) in [5.74, 6) is 0.223. The minimum atomic E-state index is -0.127. The Balaban J connectivity index is 2.33. The second-order valence-electron chi connectivity index (χ2n) is 5.72. The van der Waals surface area contributed by atoms with Crippen molar-refractivity contribution in [3.8, 4) is 0 Å².